The van der Waals surface area contributed by atoms with Crippen molar-refractivity contribution in [2.24, 2.45) is 11.3 Å². The molecule has 4 rings (SSSR count). The fraction of sp³-hybridized carbons (Fsp3) is 0.524. The average Bonchev–Trinajstić information content (AvgIpc) is 2.86. The second kappa shape index (κ2) is 7.25. The molecule has 0 aliphatic heterocycles. The van der Waals surface area contributed by atoms with Gasteiger partial charge in [-0.25, -0.2) is 0 Å². The molecule has 0 aromatic heterocycles. The van der Waals surface area contributed by atoms with Gasteiger partial charge < -0.3 is 9.84 Å². The first kappa shape index (κ1) is 22.2. The molecule has 0 amide bonds. The number of alkyl halides is 3. The molecule has 0 bridgehead atoms. The molecule has 1 fully saturated rings. The van der Waals surface area contributed by atoms with E-state index >= 15 is 0 Å². The molecular formula is C21H24F3NO5S. The SMILES string of the molecule is C=C1C[C@@H](O)[C@@]2(C)CCC3=C(CCc4cc(NS(=O)(=O)O)c(OCC(F)(F)F)cc43)[C@H]12. The van der Waals surface area contributed by atoms with Crippen molar-refractivity contribution in [1.82, 2.24) is 0 Å². The second-order valence-corrected chi connectivity index (χ2v) is 9.96. The quantitative estimate of drug-likeness (QED) is 0.462. The Labute approximate surface area is 178 Å². The minimum Gasteiger partial charge on any atom is -0.482 e. The molecule has 0 spiro atoms. The van der Waals surface area contributed by atoms with Crippen LogP contribution >= 0.6 is 0 Å². The molecule has 3 aliphatic rings. The van der Waals surface area contributed by atoms with E-state index in [0.29, 0.717) is 32.1 Å². The zero-order valence-corrected chi connectivity index (χ0v) is 17.7. The highest BCUT2D eigenvalue weighted by molar-refractivity contribution is 7.87. The Morgan fingerprint density at radius 1 is 1.29 bits per heavy atom. The first-order chi connectivity index (χ1) is 14.3. The zero-order valence-electron chi connectivity index (χ0n) is 16.9. The van der Waals surface area contributed by atoms with Gasteiger partial charge in [0.25, 0.3) is 0 Å². The lowest BCUT2D eigenvalue weighted by Gasteiger charge is -2.43. The molecule has 3 N–H and O–H groups in total. The van der Waals surface area contributed by atoms with E-state index in [-0.39, 0.29) is 22.8 Å². The normalized spacial score (nSPS) is 28.1. The number of halogens is 3. The summed E-state index contributed by atoms with van der Waals surface area (Å²) in [6.45, 7) is 4.62. The lowest BCUT2D eigenvalue weighted by Crippen LogP contribution is -2.37. The molecular weight excluding hydrogens is 435 g/mol. The molecule has 31 heavy (non-hydrogen) atoms. The Hall–Kier alpha value is -2.04. The second-order valence-electron chi connectivity index (χ2n) is 8.81. The maximum Gasteiger partial charge on any atom is 0.422 e. The summed E-state index contributed by atoms with van der Waals surface area (Å²) in [6.07, 6.45) is -1.98. The minimum atomic E-state index is -4.70. The van der Waals surface area contributed by atoms with Gasteiger partial charge in [-0.1, -0.05) is 24.6 Å². The first-order valence-corrected chi connectivity index (χ1v) is 11.4. The van der Waals surface area contributed by atoms with Crippen molar-refractivity contribution in [1.29, 1.82) is 0 Å². The van der Waals surface area contributed by atoms with Crippen molar-refractivity contribution >= 4 is 21.6 Å². The van der Waals surface area contributed by atoms with Crippen molar-refractivity contribution in [3.8, 4) is 5.75 Å². The molecule has 1 aromatic rings. The van der Waals surface area contributed by atoms with E-state index in [4.69, 9.17) is 9.29 Å². The summed E-state index contributed by atoms with van der Waals surface area (Å²) in [5.74, 6) is -0.296. The maximum absolute atomic E-state index is 12.7. The Kier molecular flexibility index (Phi) is 5.18. The molecule has 0 radical (unpaired) electrons. The van der Waals surface area contributed by atoms with Gasteiger partial charge in [0.2, 0.25) is 0 Å². The first-order valence-electron chi connectivity index (χ1n) is 9.98. The molecule has 3 atom stereocenters. The van der Waals surface area contributed by atoms with Gasteiger partial charge in [0.05, 0.1) is 11.8 Å². The topological polar surface area (TPSA) is 95.9 Å². The van der Waals surface area contributed by atoms with E-state index in [0.717, 1.165) is 27.8 Å². The average molecular weight is 459 g/mol. The molecule has 1 saturated carbocycles. The largest absolute Gasteiger partial charge is 0.482 e. The lowest BCUT2D eigenvalue weighted by molar-refractivity contribution is -0.153. The van der Waals surface area contributed by atoms with Gasteiger partial charge in [-0.05, 0) is 60.9 Å². The number of nitrogens with one attached hydrogen (secondary N) is 1. The number of ether oxygens (including phenoxy) is 1. The predicted octanol–water partition coefficient (Wildman–Crippen LogP) is 4.28. The van der Waals surface area contributed by atoms with E-state index in [1.54, 1.807) is 0 Å². The lowest BCUT2D eigenvalue weighted by atomic mass is 9.62. The standard InChI is InChI=1S/C21H24F3NO5S/c1-11-7-18(26)20(2)6-5-13-14(19(11)20)4-3-12-8-16(25-31(27,28)29)17(9-15(12)13)30-10-21(22,23)24/h8-9,18-19,25-26H,1,3-7,10H2,2H3,(H,27,28,29)/t18-,19+,20-/m1/s1. The van der Waals surface area contributed by atoms with E-state index in [2.05, 4.69) is 13.5 Å². The van der Waals surface area contributed by atoms with E-state index in [9.17, 15) is 26.7 Å². The number of aliphatic hydroxyl groups is 1. The highest BCUT2D eigenvalue weighted by Gasteiger charge is 2.52. The van der Waals surface area contributed by atoms with Gasteiger partial charge in [0.1, 0.15) is 5.75 Å². The number of hydrogen-bond acceptors (Lipinski definition) is 4. The van der Waals surface area contributed by atoms with E-state index in [1.165, 1.54) is 12.1 Å². The van der Waals surface area contributed by atoms with Gasteiger partial charge >= 0.3 is 16.5 Å². The zero-order chi connectivity index (χ0) is 22.8. The molecule has 10 heteroatoms. The van der Waals surface area contributed by atoms with Crippen molar-refractivity contribution in [2.75, 3.05) is 11.3 Å². The smallest absolute Gasteiger partial charge is 0.422 e. The maximum atomic E-state index is 12.7. The van der Waals surface area contributed by atoms with Gasteiger partial charge in [-0.2, -0.15) is 21.6 Å². The number of hydrogen-bond donors (Lipinski definition) is 3. The summed E-state index contributed by atoms with van der Waals surface area (Å²) in [5, 5.41) is 10.6. The molecule has 0 unspecified atom stereocenters. The third kappa shape index (κ3) is 4.08. The number of rotatable bonds is 4. The molecule has 170 valence electrons. The highest BCUT2D eigenvalue weighted by atomic mass is 32.2. The highest BCUT2D eigenvalue weighted by Crippen LogP contribution is 2.60. The van der Waals surface area contributed by atoms with Crippen LogP contribution in [0.5, 0.6) is 5.75 Å². The molecule has 6 nitrogen and oxygen atoms in total. The molecule has 0 saturated heterocycles. The number of aryl methyl sites for hydroxylation is 1. The van der Waals surface area contributed by atoms with Gasteiger partial charge in [0, 0.05) is 11.3 Å². The summed E-state index contributed by atoms with van der Waals surface area (Å²) in [5.41, 5.74) is 4.02. The number of aliphatic hydroxyl groups excluding tert-OH is 1. The van der Waals surface area contributed by atoms with Gasteiger partial charge in [0.15, 0.2) is 6.61 Å². The van der Waals surface area contributed by atoms with Crippen LogP contribution in [-0.4, -0.2) is 37.0 Å². The van der Waals surface area contributed by atoms with Crippen molar-refractivity contribution in [3.05, 3.63) is 41.0 Å². The summed E-state index contributed by atoms with van der Waals surface area (Å²) in [4.78, 5) is 0. The molecule has 3 aliphatic carbocycles. The van der Waals surface area contributed by atoms with Crippen LogP contribution in [-0.2, 0) is 16.7 Å². The predicted molar refractivity (Wildman–Crippen MR) is 109 cm³/mol. The Morgan fingerprint density at radius 3 is 2.65 bits per heavy atom. The van der Waals surface area contributed by atoms with Crippen molar-refractivity contribution in [2.45, 2.75) is 51.3 Å². The minimum absolute atomic E-state index is 0.00886. The van der Waals surface area contributed by atoms with Crippen LogP contribution in [0.4, 0.5) is 18.9 Å². The fourth-order valence-electron chi connectivity index (χ4n) is 5.42. The summed E-state index contributed by atoms with van der Waals surface area (Å²) in [6, 6.07) is 2.84. The van der Waals surface area contributed by atoms with Crippen LogP contribution in [0.1, 0.15) is 43.7 Å². The number of fused-ring (bicyclic) bond motifs is 4. The Balaban J connectivity index is 1.80. The third-order valence-electron chi connectivity index (χ3n) is 6.76. The summed E-state index contributed by atoms with van der Waals surface area (Å²) in [7, 11) is -4.70. The number of anilines is 1. The van der Waals surface area contributed by atoms with Crippen LogP contribution in [0, 0.1) is 11.3 Å². The van der Waals surface area contributed by atoms with Crippen molar-refractivity contribution < 1.29 is 36.0 Å². The summed E-state index contributed by atoms with van der Waals surface area (Å²) < 4.78 is 76.7. The molecule has 1 aromatic carbocycles. The van der Waals surface area contributed by atoms with Crippen LogP contribution < -0.4 is 9.46 Å². The van der Waals surface area contributed by atoms with Crippen LogP contribution in [0.15, 0.2) is 29.9 Å². The van der Waals surface area contributed by atoms with E-state index < -0.39 is 29.2 Å². The van der Waals surface area contributed by atoms with Crippen LogP contribution in [0.3, 0.4) is 0 Å². The van der Waals surface area contributed by atoms with Crippen LogP contribution in [0.2, 0.25) is 0 Å². The number of benzene rings is 1. The monoisotopic (exact) mass is 459 g/mol. The Morgan fingerprint density at radius 2 is 2.00 bits per heavy atom. The van der Waals surface area contributed by atoms with Crippen molar-refractivity contribution in [3.63, 3.8) is 0 Å². The fourth-order valence-corrected chi connectivity index (χ4v) is 5.86. The molecule has 0 heterocycles. The van der Waals surface area contributed by atoms with E-state index in [1.807, 2.05) is 4.72 Å². The summed E-state index contributed by atoms with van der Waals surface area (Å²) >= 11 is 0. The third-order valence-corrected chi connectivity index (χ3v) is 7.24. The Bertz CT molecular complexity index is 1080. The van der Waals surface area contributed by atoms with Gasteiger partial charge in [-0.3, -0.25) is 9.27 Å². The number of allylic oxidation sites excluding steroid dienone is 2. The van der Waals surface area contributed by atoms with Crippen LogP contribution in [0.25, 0.3) is 5.57 Å². The van der Waals surface area contributed by atoms with Gasteiger partial charge in [-0.15, -0.1) is 0 Å².